The molecule has 4 rings (SSSR count). The summed E-state index contributed by atoms with van der Waals surface area (Å²) < 4.78 is 21.6. The number of carbonyl (C=O) groups excluding carboxylic acids is 2. The van der Waals surface area contributed by atoms with Crippen molar-refractivity contribution in [2.75, 3.05) is 13.1 Å². The summed E-state index contributed by atoms with van der Waals surface area (Å²) in [5, 5.41) is 5.44. The van der Waals surface area contributed by atoms with Crippen molar-refractivity contribution in [2.45, 2.75) is 32.3 Å². The highest BCUT2D eigenvalue weighted by Crippen LogP contribution is 2.35. The molecule has 1 saturated heterocycles. The summed E-state index contributed by atoms with van der Waals surface area (Å²) in [6.45, 7) is 10.2. The minimum Gasteiger partial charge on any atom is -0.444 e. The predicted molar refractivity (Wildman–Crippen MR) is 115 cm³/mol. The average molecular weight is 422 g/mol. The van der Waals surface area contributed by atoms with Gasteiger partial charge in [0.1, 0.15) is 23.4 Å². The fourth-order valence-corrected chi connectivity index (χ4v) is 3.61. The smallest absolute Gasteiger partial charge is 0.410 e. The highest BCUT2D eigenvalue weighted by Gasteiger charge is 2.37. The van der Waals surface area contributed by atoms with Crippen molar-refractivity contribution >= 4 is 29.5 Å². The van der Waals surface area contributed by atoms with Crippen molar-refractivity contribution < 1.29 is 18.7 Å². The number of aldehydes is 1. The van der Waals surface area contributed by atoms with E-state index in [9.17, 15) is 14.0 Å². The van der Waals surface area contributed by atoms with Gasteiger partial charge in [-0.05, 0) is 50.6 Å². The zero-order valence-electron chi connectivity index (χ0n) is 17.6. The highest BCUT2D eigenvalue weighted by atomic mass is 19.1. The first-order chi connectivity index (χ1) is 14.7. The highest BCUT2D eigenvalue weighted by molar-refractivity contribution is 5.89. The molecule has 0 bridgehead atoms. The summed E-state index contributed by atoms with van der Waals surface area (Å²) in [5.74, 6) is -0.619. The third-order valence-electron chi connectivity index (χ3n) is 5.10. The summed E-state index contributed by atoms with van der Waals surface area (Å²) >= 11 is 0. The Bertz CT molecular complexity index is 1190. The second-order valence-corrected chi connectivity index (χ2v) is 8.51. The first kappa shape index (κ1) is 20.7. The van der Waals surface area contributed by atoms with Crippen LogP contribution in [0.25, 0.3) is 22.8 Å². The predicted octanol–water partition coefficient (Wildman–Crippen LogP) is 4.35. The van der Waals surface area contributed by atoms with Crippen LogP contribution >= 0.6 is 0 Å². The Hall–Kier alpha value is -3.55. The molecule has 0 unspecified atom stereocenters. The van der Waals surface area contributed by atoms with E-state index >= 15 is 0 Å². The molecule has 3 heterocycles. The van der Waals surface area contributed by atoms with Crippen molar-refractivity contribution in [2.24, 2.45) is 0 Å². The third kappa shape index (κ3) is 3.81. The summed E-state index contributed by atoms with van der Waals surface area (Å²) in [6, 6.07) is 6.02. The molecule has 1 aliphatic rings. The van der Waals surface area contributed by atoms with Crippen LogP contribution in [0.3, 0.4) is 0 Å². The molecular formula is C23H23FN4O3. The number of likely N-dealkylation sites (tertiary alicyclic amines) is 1. The SMILES string of the molecule is C=Cc1ccnc2c1c(C1CN(C(=O)OC(C)(C)C)C1)nn2-c1ccc(C=O)cc1F. The molecule has 0 spiro atoms. The van der Waals surface area contributed by atoms with E-state index in [0.29, 0.717) is 25.0 Å². The minimum absolute atomic E-state index is 0.0449. The number of pyridine rings is 1. The number of fused-ring (bicyclic) bond motifs is 1. The van der Waals surface area contributed by atoms with Crippen LogP contribution in [-0.4, -0.2) is 50.7 Å². The van der Waals surface area contributed by atoms with Crippen LogP contribution in [0.4, 0.5) is 9.18 Å². The number of rotatable bonds is 4. The molecule has 0 atom stereocenters. The zero-order chi connectivity index (χ0) is 22.3. The molecule has 0 N–H and O–H groups in total. The molecular weight excluding hydrogens is 399 g/mol. The van der Waals surface area contributed by atoms with Gasteiger partial charge in [-0.2, -0.15) is 5.10 Å². The van der Waals surface area contributed by atoms with Gasteiger partial charge in [0.25, 0.3) is 0 Å². The number of carbonyl (C=O) groups is 2. The topological polar surface area (TPSA) is 77.3 Å². The first-order valence-corrected chi connectivity index (χ1v) is 9.95. The molecule has 1 fully saturated rings. The van der Waals surface area contributed by atoms with Gasteiger partial charge in [-0.15, -0.1) is 0 Å². The lowest BCUT2D eigenvalue weighted by Crippen LogP contribution is -2.50. The van der Waals surface area contributed by atoms with Gasteiger partial charge in [0, 0.05) is 30.8 Å². The van der Waals surface area contributed by atoms with Crippen LogP contribution in [-0.2, 0) is 4.74 Å². The molecule has 0 saturated carbocycles. The summed E-state index contributed by atoms with van der Waals surface area (Å²) in [4.78, 5) is 29.3. The van der Waals surface area contributed by atoms with E-state index in [1.165, 1.54) is 22.9 Å². The number of aromatic nitrogens is 3. The second kappa shape index (κ2) is 7.61. The fourth-order valence-electron chi connectivity index (χ4n) is 3.61. The summed E-state index contributed by atoms with van der Waals surface area (Å²) in [5.41, 5.74) is 1.90. The zero-order valence-corrected chi connectivity index (χ0v) is 17.6. The normalized spacial score (nSPS) is 14.4. The quantitative estimate of drug-likeness (QED) is 0.584. The Labute approximate surface area is 179 Å². The van der Waals surface area contributed by atoms with Crippen LogP contribution in [0.5, 0.6) is 0 Å². The Morgan fingerprint density at radius 2 is 2.03 bits per heavy atom. The van der Waals surface area contributed by atoms with Crippen molar-refractivity contribution in [3.05, 3.63) is 59.7 Å². The molecule has 1 aliphatic heterocycles. The monoisotopic (exact) mass is 422 g/mol. The van der Waals surface area contributed by atoms with E-state index in [2.05, 4.69) is 16.7 Å². The van der Waals surface area contributed by atoms with E-state index in [0.717, 1.165) is 16.6 Å². The van der Waals surface area contributed by atoms with Crippen molar-refractivity contribution in [1.29, 1.82) is 0 Å². The number of ether oxygens (including phenoxy) is 1. The molecule has 31 heavy (non-hydrogen) atoms. The van der Waals surface area contributed by atoms with Gasteiger partial charge < -0.3 is 9.64 Å². The largest absolute Gasteiger partial charge is 0.444 e. The van der Waals surface area contributed by atoms with Gasteiger partial charge in [-0.25, -0.2) is 18.9 Å². The van der Waals surface area contributed by atoms with E-state index in [1.807, 2.05) is 26.8 Å². The fraction of sp³-hybridized carbons (Fsp3) is 0.304. The third-order valence-corrected chi connectivity index (χ3v) is 5.10. The Morgan fingerprint density at radius 1 is 1.29 bits per heavy atom. The van der Waals surface area contributed by atoms with Crippen LogP contribution in [0.2, 0.25) is 0 Å². The molecule has 2 aromatic heterocycles. The maximum Gasteiger partial charge on any atom is 0.410 e. The molecule has 1 aromatic carbocycles. The average Bonchev–Trinajstić information content (AvgIpc) is 3.04. The second-order valence-electron chi connectivity index (χ2n) is 8.51. The molecule has 1 amide bonds. The van der Waals surface area contributed by atoms with Crippen LogP contribution in [0.15, 0.2) is 37.0 Å². The maximum atomic E-state index is 14.7. The van der Waals surface area contributed by atoms with Gasteiger partial charge in [0.2, 0.25) is 0 Å². The Balaban J connectivity index is 1.73. The molecule has 0 aliphatic carbocycles. The van der Waals surface area contributed by atoms with E-state index < -0.39 is 11.4 Å². The molecule has 3 aromatic rings. The lowest BCUT2D eigenvalue weighted by Gasteiger charge is -2.39. The van der Waals surface area contributed by atoms with E-state index in [-0.39, 0.29) is 23.3 Å². The van der Waals surface area contributed by atoms with Gasteiger partial charge in [-0.3, -0.25) is 4.79 Å². The lowest BCUT2D eigenvalue weighted by molar-refractivity contribution is 0.00794. The standard InChI is InChI=1S/C23H23FN4O3/c1-5-15-8-9-25-21-19(15)20(16-11-27(12-16)22(30)31-23(2,3)4)26-28(21)18-7-6-14(13-29)10-17(18)24/h5-10,13,16H,1,11-12H2,2-4H3. The molecule has 8 heteroatoms. The van der Waals surface area contributed by atoms with Crippen LogP contribution in [0, 0.1) is 5.82 Å². The summed E-state index contributed by atoms with van der Waals surface area (Å²) in [6.07, 6.45) is 3.54. The number of halogens is 1. The number of nitrogens with zero attached hydrogens (tertiary/aromatic N) is 4. The molecule has 0 radical (unpaired) electrons. The van der Waals surface area contributed by atoms with E-state index in [4.69, 9.17) is 4.74 Å². The Kier molecular flexibility index (Phi) is 5.08. The maximum absolute atomic E-state index is 14.7. The summed E-state index contributed by atoms with van der Waals surface area (Å²) in [7, 11) is 0. The minimum atomic E-state index is -0.574. The Morgan fingerprint density at radius 3 is 2.65 bits per heavy atom. The van der Waals surface area contributed by atoms with Crippen molar-refractivity contribution in [1.82, 2.24) is 19.7 Å². The molecule has 160 valence electrons. The van der Waals surface area contributed by atoms with Crippen molar-refractivity contribution in [3.8, 4) is 5.69 Å². The van der Waals surface area contributed by atoms with Gasteiger partial charge >= 0.3 is 6.09 Å². The number of hydrogen-bond donors (Lipinski definition) is 0. The number of hydrogen-bond acceptors (Lipinski definition) is 5. The lowest BCUT2D eigenvalue weighted by atomic mass is 9.93. The van der Waals surface area contributed by atoms with Crippen LogP contribution < -0.4 is 0 Å². The number of benzene rings is 1. The first-order valence-electron chi connectivity index (χ1n) is 9.95. The molecule has 7 nitrogen and oxygen atoms in total. The van der Waals surface area contributed by atoms with Crippen molar-refractivity contribution in [3.63, 3.8) is 0 Å². The van der Waals surface area contributed by atoms with E-state index in [1.54, 1.807) is 17.2 Å². The van der Waals surface area contributed by atoms with Gasteiger partial charge in [0.15, 0.2) is 5.65 Å². The number of amides is 1. The van der Waals surface area contributed by atoms with Crippen LogP contribution in [0.1, 0.15) is 48.3 Å². The van der Waals surface area contributed by atoms with Gasteiger partial charge in [-0.1, -0.05) is 12.7 Å². The van der Waals surface area contributed by atoms with Gasteiger partial charge in [0.05, 0.1) is 11.1 Å².